The third kappa shape index (κ3) is 17.0. The molecule has 3 atom stereocenters. The molecule has 6 fully saturated rings. The van der Waals surface area contributed by atoms with E-state index < -0.39 is 21.7 Å². The zero-order chi connectivity index (χ0) is 65.2. The van der Waals surface area contributed by atoms with Crippen LogP contribution in [0.2, 0.25) is 5.02 Å². The maximum Gasteiger partial charge on any atom is 0.251 e. The number of benzene rings is 6. The number of methoxy groups -OCH3 is 1. The van der Waals surface area contributed by atoms with Crippen molar-refractivity contribution in [1.29, 1.82) is 0 Å². The fourth-order valence-corrected chi connectivity index (χ4v) is 9.88. The number of aliphatic hydroxyl groups excluding tert-OH is 5. The first-order valence-electron chi connectivity index (χ1n) is 29.2. The number of nitrogens with one attached hydrogen (secondary N) is 6. The second kappa shape index (κ2) is 30.8. The first-order valence-corrected chi connectivity index (χ1v) is 29.6. The number of rotatable bonds is 12. The van der Waals surface area contributed by atoms with Crippen LogP contribution in [0.3, 0.4) is 0 Å². The Balaban J connectivity index is 0.000000154. The lowest BCUT2D eigenvalue weighted by atomic mass is 9.90. The number of aliphatic hydroxyl groups is 5. The van der Waals surface area contributed by atoms with E-state index in [1.807, 2.05) is 171 Å². The number of carbonyl (C=O) groups is 6. The van der Waals surface area contributed by atoms with Crippen molar-refractivity contribution in [2.75, 3.05) is 109 Å². The van der Waals surface area contributed by atoms with Crippen LogP contribution in [-0.4, -0.2) is 140 Å². The van der Waals surface area contributed by atoms with Gasteiger partial charge in [-0.05, 0) is 119 Å². The van der Waals surface area contributed by atoms with Crippen LogP contribution in [0.5, 0.6) is 5.75 Å². The molecule has 6 aliphatic heterocycles. The summed E-state index contributed by atoms with van der Waals surface area (Å²) >= 11 is 5.96. The van der Waals surface area contributed by atoms with E-state index in [1.165, 1.54) is 5.56 Å². The molecule has 6 aromatic rings. The summed E-state index contributed by atoms with van der Waals surface area (Å²) in [5, 5.41) is 57.3. The van der Waals surface area contributed by atoms with Gasteiger partial charge in [-0.15, -0.1) is 0 Å². The third-order valence-corrected chi connectivity index (χ3v) is 16.1. The Morgan fingerprint density at radius 3 is 1.20 bits per heavy atom. The molecule has 6 heterocycles. The minimum absolute atomic E-state index is 0.0416. The lowest BCUT2D eigenvalue weighted by molar-refractivity contribution is -0.131. The predicted molar refractivity (Wildman–Crippen MR) is 344 cm³/mol. The van der Waals surface area contributed by atoms with Crippen molar-refractivity contribution in [3.63, 3.8) is 0 Å². The molecule has 0 radical (unpaired) electrons. The first-order chi connectivity index (χ1) is 43.0. The van der Waals surface area contributed by atoms with Gasteiger partial charge >= 0.3 is 0 Å². The van der Waals surface area contributed by atoms with E-state index in [0.29, 0.717) is 44.0 Å². The maximum absolute atomic E-state index is 11.7. The van der Waals surface area contributed by atoms with Gasteiger partial charge in [-0.3, -0.25) is 91.4 Å². The van der Waals surface area contributed by atoms with Crippen molar-refractivity contribution in [2.45, 2.75) is 47.5 Å². The van der Waals surface area contributed by atoms with Gasteiger partial charge in [0, 0.05) is 25.9 Å². The highest BCUT2D eigenvalue weighted by atomic mass is 35.5. The Morgan fingerprint density at radius 1 is 0.411 bits per heavy atom. The minimum atomic E-state index is -1.10. The second-order valence-corrected chi connectivity index (χ2v) is 23.6. The quantitative estimate of drug-likeness (QED) is 0.0816. The highest BCUT2D eigenvalue weighted by Gasteiger charge is 2.47. The lowest BCUT2D eigenvalue weighted by Crippen LogP contribution is -2.39. The molecule has 3 unspecified atom stereocenters. The van der Waals surface area contributed by atoms with Gasteiger partial charge in [0.2, 0.25) is 29.5 Å². The Labute approximate surface area is 528 Å². The summed E-state index contributed by atoms with van der Waals surface area (Å²) in [6.07, 6.45) is 1.13. The lowest BCUT2D eigenvalue weighted by Gasteiger charge is -2.21. The van der Waals surface area contributed by atoms with Crippen molar-refractivity contribution < 1.29 is 59.0 Å². The molecular formula is C65H81ClN12O12. The van der Waals surface area contributed by atoms with Gasteiger partial charge in [0.25, 0.3) is 5.91 Å². The summed E-state index contributed by atoms with van der Waals surface area (Å²) in [6.45, 7) is 11.3. The number of hydrogen-bond acceptors (Lipinski definition) is 18. The number of carbonyl (C=O) groups excluding carboxylic acids is 6. The van der Waals surface area contributed by atoms with Crippen molar-refractivity contribution in [3.8, 4) is 5.75 Å². The van der Waals surface area contributed by atoms with Gasteiger partial charge in [0.15, 0.2) is 0 Å². The molecule has 0 spiro atoms. The van der Waals surface area contributed by atoms with E-state index >= 15 is 0 Å². The first kappa shape index (κ1) is 68.3. The van der Waals surface area contributed by atoms with Crippen LogP contribution in [-0.2, 0) is 28.8 Å². The minimum Gasteiger partial charge on any atom is -0.497 e. The molecule has 12 rings (SSSR count). The highest BCUT2D eigenvalue weighted by Crippen LogP contribution is 2.32. The van der Waals surface area contributed by atoms with Crippen molar-refractivity contribution in [1.82, 2.24) is 32.6 Å². The van der Waals surface area contributed by atoms with Crippen molar-refractivity contribution >= 4 is 81.2 Å². The Hall–Kier alpha value is -9.17. The fourth-order valence-electron chi connectivity index (χ4n) is 9.65. The summed E-state index contributed by atoms with van der Waals surface area (Å²) in [7, 11) is 1.61. The van der Waals surface area contributed by atoms with Crippen LogP contribution in [0.25, 0.3) is 0 Å². The average Bonchev–Trinajstić information content (AvgIpc) is 2.00. The number of hydrogen-bond donors (Lipinski definition) is 11. The van der Waals surface area contributed by atoms with Gasteiger partial charge in [0.05, 0.1) is 122 Å². The van der Waals surface area contributed by atoms with Gasteiger partial charge in [-0.1, -0.05) is 96.0 Å². The van der Waals surface area contributed by atoms with E-state index in [-0.39, 0.29) is 75.0 Å². The molecule has 25 heteroatoms. The zero-order valence-electron chi connectivity index (χ0n) is 51.4. The number of nitrogens with zero attached hydrogens (tertiary/aromatic N) is 6. The van der Waals surface area contributed by atoms with Crippen LogP contribution in [0.15, 0.2) is 158 Å². The molecule has 0 aliphatic carbocycles. The summed E-state index contributed by atoms with van der Waals surface area (Å²) in [5.41, 5.74) is 21.0. The monoisotopic (exact) mass is 1260 g/mol. The number of para-hydroxylation sites is 4. The van der Waals surface area contributed by atoms with E-state index in [0.717, 1.165) is 52.0 Å². The van der Waals surface area contributed by atoms with Gasteiger partial charge in [-0.25, -0.2) is 0 Å². The molecular weight excluding hydrogens is 1180 g/mol. The van der Waals surface area contributed by atoms with Crippen LogP contribution in [0.1, 0.15) is 44.7 Å². The summed E-state index contributed by atoms with van der Waals surface area (Å²) in [6, 6.07) is 49.7. The second-order valence-electron chi connectivity index (χ2n) is 23.2. The molecule has 6 aliphatic rings. The molecule has 11 N–H and O–H groups in total. The number of anilines is 6. The molecule has 6 saturated heterocycles. The molecule has 6 aromatic carbocycles. The average molecular weight is 1260 g/mol. The standard InChI is InChI=1S/C12H16N2O3.2C12H16N2O2.C11H14N2O3.C9H9ClN2O.C9H10N2O/c1-12(8-15)7-14(13-11(12)16)9-3-5-10(17-2)6-4-9;1-9-3-5-10(6-4-9)14-7-12(2,8-15)11(16)13-14;1-9-5-3-4-6-10(9)14-7-12(2,8-15)11(16)13-14;14-7-11(8-15)6-13(12-10(11)16)9-4-2-1-3-5-9;10-7-3-1-2-4-8(7)12-6-5-9(13)11-12;12-9-6-7-11(10-9)8-4-2-1-3-5-8/h3-6,15H,7-8H2,1-2H3,(H,13,16);2*3-6,15H,7-8H2,1-2H3,(H,13,16);1-5,14-15H,6-8H2,(H,12,16);1-4H,5-6H2,(H,11,13);1-5H,6-7H2,(H,10,12). The molecule has 90 heavy (non-hydrogen) atoms. The molecule has 0 bridgehead atoms. The third-order valence-electron chi connectivity index (χ3n) is 15.8. The Bertz CT molecular complexity index is 3390. The SMILES string of the molecule is COc1ccc(N2CC(C)(CO)C(=O)N2)cc1.Cc1ccc(N2CC(C)(CO)C(=O)N2)cc1.Cc1ccccc1N1CC(C)(CO)C(=O)N1.O=C1CCN(c2ccccc2)N1.O=C1CCN(c2ccccc2Cl)N1.O=C1NN(c2ccccc2)CC1(CO)CO. The number of aryl methyl sites for hydroxylation is 2. The van der Waals surface area contributed by atoms with Crippen LogP contribution >= 0.6 is 11.6 Å². The van der Waals surface area contributed by atoms with Crippen LogP contribution < -0.4 is 67.3 Å². The highest BCUT2D eigenvalue weighted by molar-refractivity contribution is 6.33. The van der Waals surface area contributed by atoms with Crippen LogP contribution in [0, 0.1) is 35.5 Å². The van der Waals surface area contributed by atoms with Gasteiger partial charge in [0.1, 0.15) is 11.2 Å². The molecule has 6 amide bonds. The van der Waals surface area contributed by atoms with E-state index in [2.05, 4.69) is 32.6 Å². The van der Waals surface area contributed by atoms with Crippen LogP contribution in [0.4, 0.5) is 34.1 Å². The van der Waals surface area contributed by atoms with Crippen molar-refractivity contribution in [2.24, 2.45) is 21.7 Å². The summed E-state index contributed by atoms with van der Waals surface area (Å²) in [4.78, 5) is 68.6. The van der Waals surface area contributed by atoms with Gasteiger partial charge in [-0.2, -0.15) is 0 Å². The largest absolute Gasteiger partial charge is 0.497 e. The smallest absolute Gasteiger partial charge is 0.251 e. The normalized spacial score (nSPS) is 21.1. The molecule has 0 saturated carbocycles. The molecule has 480 valence electrons. The molecule has 0 aromatic heterocycles. The Kier molecular flexibility index (Phi) is 23.4. The fraction of sp³-hybridized carbons (Fsp3) is 0.354. The van der Waals surface area contributed by atoms with Gasteiger partial charge < -0.3 is 30.3 Å². The van der Waals surface area contributed by atoms with E-state index in [4.69, 9.17) is 16.3 Å². The number of hydrazine groups is 6. The summed E-state index contributed by atoms with van der Waals surface area (Å²) in [5.74, 6) is 0.147. The number of halogens is 1. The molecule has 24 nitrogen and oxygen atoms in total. The predicted octanol–water partition coefficient (Wildman–Crippen LogP) is 4.25. The van der Waals surface area contributed by atoms with E-state index in [1.54, 1.807) is 59.0 Å². The van der Waals surface area contributed by atoms with Crippen molar-refractivity contribution in [3.05, 3.63) is 174 Å². The topological polar surface area (TPSA) is 304 Å². The van der Waals surface area contributed by atoms with E-state index in [9.17, 15) is 54.3 Å². The zero-order valence-corrected chi connectivity index (χ0v) is 52.1. The summed E-state index contributed by atoms with van der Waals surface area (Å²) < 4.78 is 5.07. The number of amides is 6. The maximum atomic E-state index is 11.7. The number of ether oxygens (including phenoxy) is 1. The Morgan fingerprint density at radius 2 is 0.789 bits per heavy atom.